The molecule has 28 heavy (non-hydrogen) atoms. The van der Waals surface area contributed by atoms with Gasteiger partial charge in [0.05, 0.1) is 18.0 Å². The molecule has 0 N–H and O–H groups in total. The Morgan fingerprint density at radius 3 is 2.54 bits per heavy atom. The van der Waals surface area contributed by atoms with Crippen LogP contribution < -0.4 is 9.04 Å². The Bertz CT molecular complexity index is 1030. The van der Waals surface area contributed by atoms with Gasteiger partial charge in [-0.2, -0.15) is 0 Å². The molecule has 0 aliphatic rings. The predicted molar refractivity (Wildman–Crippen MR) is 106 cm³/mol. The maximum atomic E-state index is 12.9. The molecule has 0 saturated carbocycles. The van der Waals surface area contributed by atoms with Crippen LogP contribution >= 0.6 is 0 Å². The molecule has 0 atom stereocenters. The van der Waals surface area contributed by atoms with Crippen molar-refractivity contribution in [2.75, 3.05) is 16.7 Å². The number of anilines is 1. The SMILES string of the molecule is Cc1ccccc1Oc1cccc(N(Cc2cncnc2)S(=O)(=O)CCF)c1. The summed E-state index contributed by atoms with van der Waals surface area (Å²) in [5.74, 6) is 0.551. The van der Waals surface area contributed by atoms with Gasteiger partial charge in [0.25, 0.3) is 0 Å². The minimum absolute atomic E-state index is 0.00298. The van der Waals surface area contributed by atoms with E-state index in [0.717, 1.165) is 9.87 Å². The number of sulfonamides is 1. The van der Waals surface area contributed by atoms with Crippen molar-refractivity contribution in [3.05, 3.63) is 78.4 Å². The minimum Gasteiger partial charge on any atom is -0.457 e. The first-order chi connectivity index (χ1) is 13.5. The Morgan fingerprint density at radius 1 is 1.07 bits per heavy atom. The van der Waals surface area contributed by atoms with Gasteiger partial charge >= 0.3 is 0 Å². The Labute approximate surface area is 163 Å². The number of aryl methyl sites for hydroxylation is 1. The summed E-state index contributed by atoms with van der Waals surface area (Å²) in [6.45, 7) is 0.952. The van der Waals surface area contributed by atoms with Gasteiger partial charge in [-0.05, 0) is 30.7 Å². The van der Waals surface area contributed by atoms with E-state index in [1.54, 1.807) is 24.3 Å². The molecular formula is C20H20FN3O3S. The summed E-state index contributed by atoms with van der Waals surface area (Å²) in [5, 5.41) is 0. The van der Waals surface area contributed by atoms with Crippen LogP contribution in [0, 0.1) is 6.92 Å². The summed E-state index contributed by atoms with van der Waals surface area (Å²) in [6, 6.07) is 14.2. The molecule has 0 bridgehead atoms. The molecule has 3 aromatic rings. The van der Waals surface area contributed by atoms with Crippen LogP contribution in [0.3, 0.4) is 0 Å². The molecule has 8 heteroatoms. The molecular weight excluding hydrogens is 381 g/mol. The fraction of sp³-hybridized carbons (Fsp3) is 0.200. The number of para-hydroxylation sites is 1. The quantitative estimate of drug-likeness (QED) is 0.573. The number of aromatic nitrogens is 2. The zero-order valence-corrected chi connectivity index (χ0v) is 16.1. The van der Waals surface area contributed by atoms with Gasteiger partial charge < -0.3 is 4.74 Å². The summed E-state index contributed by atoms with van der Waals surface area (Å²) < 4.78 is 45.2. The molecule has 0 spiro atoms. The Kier molecular flexibility index (Phi) is 6.20. The zero-order chi connectivity index (χ0) is 20.0. The second kappa shape index (κ2) is 8.79. The number of rotatable bonds is 8. The maximum absolute atomic E-state index is 12.9. The molecule has 1 heterocycles. The average Bonchev–Trinajstić information content (AvgIpc) is 2.69. The molecule has 6 nitrogen and oxygen atoms in total. The minimum atomic E-state index is -3.87. The molecule has 0 radical (unpaired) electrons. The molecule has 0 aliphatic heterocycles. The fourth-order valence-electron chi connectivity index (χ4n) is 2.64. The lowest BCUT2D eigenvalue weighted by atomic mass is 10.2. The molecule has 146 valence electrons. The van der Waals surface area contributed by atoms with Gasteiger partial charge in [-0.25, -0.2) is 22.8 Å². The van der Waals surface area contributed by atoms with Gasteiger partial charge in [0.15, 0.2) is 0 Å². The van der Waals surface area contributed by atoms with E-state index < -0.39 is 22.5 Å². The first-order valence-electron chi connectivity index (χ1n) is 8.63. The lowest BCUT2D eigenvalue weighted by Gasteiger charge is -2.24. The first-order valence-corrected chi connectivity index (χ1v) is 10.2. The van der Waals surface area contributed by atoms with E-state index in [-0.39, 0.29) is 6.54 Å². The van der Waals surface area contributed by atoms with Crippen molar-refractivity contribution in [3.63, 3.8) is 0 Å². The Balaban J connectivity index is 1.94. The van der Waals surface area contributed by atoms with Gasteiger partial charge in [0.1, 0.15) is 24.5 Å². The fourth-order valence-corrected chi connectivity index (χ4v) is 3.83. The summed E-state index contributed by atoms with van der Waals surface area (Å²) >= 11 is 0. The van der Waals surface area contributed by atoms with Crippen LogP contribution in [0.15, 0.2) is 67.3 Å². The van der Waals surface area contributed by atoms with E-state index in [9.17, 15) is 12.8 Å². The highest BCUT2D eigenvalue weighted by molar-refractivity contribution is 7.92. The average molecular weight is 401 g/mol. The van der Waals surface area contributed by atoms with Gasteiger partial charge in [0.2, 0.25) is 10.0 Å². The monoisotopic (exact) mass is 401 g/mol. The molecule has 0 fully saturated rings. The summed E-state index contributed by atoms with van der Waals surface area (Å²) in [7, 11) is -3.87. The predicted octanol–water partition coefficient (Wildman–Crippen LogP) is 3.88. The van der Waals surface area contributed by atoms with Crippen molar-refractivity contribution >= 4 is 15.7 Å². The normalized spacial score (nSPS) is 11.2. The highest BCUT2D eigenvalue weighted by Gasteiger charge is 2.23. The summed E-state index contributed by atoms with van der Waals surface area (Å²) in [4.78, 5) is 7.82. The third-order valence-electron chi connectivity index (χ3n) is 4.04. The molecule has 0 saturated heterocycles. The summed E-state index contributed by atoms with van der Waals surface area (Å²) in [5.41, 5.74) is 1.93. The van der Waals surface area contributed by atoms with E-state index in [1.165, 1.54) is 18.7 Å². The molecule has 1 aromatic heterocycles. The van der Waals surface area contributed by atoms with E-state index in [1.807, 2.05) is 31.2 Å². The van der Waals surface area contributed by atoms with Crippen molar-refractivity contribution in [3.8, 4) is 11.5 Å². The maximum Gasteiger partial charge on any atom is 0.238 e. The van der Waals surface area contributed by atoms with Crippen molar-refractivity contribution in [2.24, 2.45) is 0 Å². The van der Waals surface area contributed by atoms with Crippen molar-refractivity contribution in [1.82, 2.24) is 9.97 Å². The number of alkyl halides is 1. The van der Waals surface area contributed by atoms with Crippen molar-refractivity contribution < 1.29 is 17.5 Å². The van der Waals surface area contributed by atoms with Crippen LogP contribution in [-0.4, -0.2) is 30.8 Å². The van der Waals surface area contributed by atoms with Gasteiger partial charge in [0, 0.05) is 24.0 Å². The van der Waals surface area contributed by atoms with E-state index in [4.69, 9.17) is 4.74 Å². The van der Waals surface area contributed by atoms with Crippen LogP contribution in [0.4, 0.5) is 10.1 Å². The largest absolute Gasteiger partial charge is 0.457 e. The van der Waals surface area contributed by atoms with Crippen LogP contribution in [0.1, 0.15) is 11.1 Å². The van der Waals surface area contributed by atoms with Gasteiger partial charge in [-0.3, -0.25) is 4.31 Å². The second-order valence-corrected chi connectivity index (χ2v) is 8.14. The number of ether oxygens (including phenoxy) is 1. The summed E-state index contributed by atoms with van der Waals surface area (Å²) in [6.07, 6.45) is 4.41. The highest BCUT2D eigenvalue weighted by Crippen LogP contribution is 2.30. The third kappa shape index (κ3) is 4.83. The lowest BCUT2D eigenvalue weighted by Crippen LogP contribution is -2.33. The van der Waals surface area contributed by atoms with Crippen LogP contribution in [0.5, 0.6) is 11.5 Å². The topological polar surface area (TPSA) is 72.4 Å². The molecule has 0 amide bonds. The number of benzene rings is 2. The number of nitrogens with zero attached hydrogens (tertiary/aromatic N) is 3. The van der Waals surface area contributed by atoms with Gasteiger partial charge in [-0.1, -0.05) is 24.3 Å². The highest BCUT2D eigenvalue weighted by atomic mass is 32.2. The lowest BCUT2D eigenvalue weighted by molar-refractivity contribution is 0.479. The number of hydrogen-bond acceptors (Lipinski definition) is 5. The van der Waals surface area contributed by atoms with E-state index >= 15 is 0 Å². The molecule has 0 unspecified atom stereocenters. The van der Waals surface area contributed by atoms with Crippen LogP contribution in [0.2, 0.25) is 0 Å². The van der Waals surface area contributed by atoms with Crippen molar-refractivity contribution in [2.45, 2.75) is 13.5 Å². The molecule has 2 aromatic carbocycles. The first kappa shape index (κ1) is 19.8. The number of hydrogen-bond donors (Lipinski definition) is 0. The number of halogens is 1. The second-order valence-electron chi connectivity index (χ2n) is 6.12. The van der Waals surface area contributed by atoms with E-state index in [2.05, 4.69) is 9.97 Å². The van der Waals surface area contributed by atoms with Gasteiger partial charge in [-0.15, -0.1) is 0 Å². The Hall–Kier alpha value is -3.00. The van der Waals surface area contributed by atoms with E-state index in [0.29, 0.717) is 22.7 Å². The van der Waals surface area contributed by atoms with Crippen molar-refractivity contribution in [1.29, 1.82) is 0 Å². The molecule has 3 rings (SSSR count). The standard InChI is InChI=1S/C20H20FN3O3S/c1-16-5-2-3-8-20(16)27-19-7-4-6-18(11-19)24(28(25,26)10-9-21)14-17-12-22-15-23-13-17/h2-8,11-13,15H,9-10,14H2,1H3. The van der Waals surface area contributed by atoms with Crippen LogP contribution in [-0.2, 0) is 16.6 Å². The Morgan fingerprint density at radius 2 is 1.82 bits per heavy atom. The molecule has 0 aliphatic carbocycles. The zero-order valence-electron chi connectivity index (χ0n) is 15.3. The van der Waals surface area contributed by atoms with Crippen LogP contribution in [0.25, 0.3) is 0 Å². The third-order valence-corrected chi connectivity index (χ3v) is 5.72. The smallest absolute Gasteiger partial charge is 0.238 e.